The third kappa shape index (κ3) is 4.86. The van der Waals surface area contributed by atoms with E-state index in [2.05, 4.69) is 24.1 Å². The van der Waals surface area contributed by atoms with E-state index in [0.29, 0.717) is 34.3 Å². The van der Waals surface area contributed by atoms with E-state index >= 15 is 0 Å². The maximum absolute atomic E-state index is 12.3. The Morgan fingerprint density at radius 3 is 2.58 bits per heavy atom. The second kappa shape index (κ2) is 8.92. The van der Waals surface area contributed by atoms with E-state index in [1.54, 1.807) is 25.3 Å². The molecule has 4 aromatic rings. The molecule has 0 bridgehead atoms. The molecule has 6 nitrogen and oxygen atoms in total. The number of anilines is 1. The number of oxazole rings is 1. The molecule has 0 saturated carbocycles. The summed E-state index contributed by atoms with van der Waals surface area (Å²) in [4.78, 5) is 16.8. The Morgan fingerprint density at radius 2 is 1.84 bits per heavy atom. The molecule has 0 atom stereocenters. The average Bonchev–Trinajstić information content (AvgIpc) is 3.21. The predicted octanol–water partition coefficient (Wildman–Crippen LogP) is 5.64. The lowest BCUT2D eigenvalue weighted by Crippen LogP contribution is -2.20. The topological polar surface area (TPSA) is 73.6 Å². The van der Waals surface area contributed by atoms with Crippen LogP contribution in [0.15, 0.2) is 71.1 Å². The van der Waals surface area contributed by atoms with Gasteiger partial charge in [0.2, 0.25) is 5.89 Å². The van der Waals surface area contributed by atoms with Crippen molar-refractivity contribution >= 4 is 22.7 Å². The molecule has 1 N–H and O–H groups in total. The maximum Gasteiger partial charge on any atom is 0.262 e. The first-order chi connectivity index (χ1) is 15.0. The molecular formula is C25H24N2O4. The first-order valence-electron chi connectivity index (χ1n) is 10.1. The molecule has 0 aliphatic heterocycles. The number of ether oxygens (including phenoxy) is 2. The van der Waals surface area contributed by atoms with Gasteiger partial charge in [0.25, 0.3) is 5.91 Å². The lowest BCUT2D eigenvalue weighted by Gasteiger charge is -2.09. The SMILES string of the molecule is COc1cccc(-c2nc3cc(NC(=O)COc4ccc(C(C)C)cc4)ccc3o2)c1. The second-order valence-electron chi connectivity index (χ2n) is 7.49. The van der Waals surface area contributed by atoms with Crippen LogP contribution in [0, 0.1) is 0 Å². The van der Waals surface area contributed by atoms with E-state index in [1.807, 2.05) is 48.5 Å². The minimum absolute atomic E-state index is 0.0765. The van der Waals surface area contributed by atoms with Gasteiger partial charge < -0.3 is 19.2 Å². The summed E-state index contributed by atoms with van der Waals surface area (Å²) >= 11 is 0. The summed E-state index contributed by atoms with van der Waals surface area (Å²) in [7, 11) is 1.62. The third-order valence-electron chi connectivity index (χ3n) is 4.90. The lowest BCUT2D eigenvalue weighted by atomic mass is 10.0. The Hall–Kier alpha value is -3.80. The number of rotatable bonds is 7. The molecule has 3 aromatic carbocycles. The number of methoxy groups -OCH3 is 1. The number of hydrogen-bond acceptors (Lipinski definition) is 5. The Morgan fingerprint density at radius 1 is 1.03 bits per heavy atom. The molecule has 0 aliphatic carbocycles. The number of benzene rings is 3. The first kappa shape index (κ1) is 20.5. The lowest BCUT2D eigenvalue weighted by molar-refractivity contribution is -0.118. The van der Waals surface area contributed by atoms with Crippen LogP contribution in [0.3, 0.4) is 0 Å². The summed E-state index contributed by atoms with van der Waals surface area (Å²) in [5.74, 6) is 2.09. The van der Waals surface area contributed by atoms with Gasteiger partial charge in [0.15, 0.2) is 12.2 Å². The number of nitrogens with one attached hydrogen (secondary N) is 1. The number of carbonyl (C=O) groups excluding carboxylic acids is 1. The molecular weight excluding hydrogens is 392 g/mol. The van der Waals surface area contributed by atoms with Gasteiger partial charge in [0.05, 0.1) is 7.11 Å². The quantitative estimate of drug-likeness (QED) is 0.422. The van der Waals surface area contributed by atoms with Crippen LogP contribution >= 0.6 is 0 Å². The number of nitrogens with zero attached hydrogens (tertiary/aromatic N) is 1. The van der Waals surface area contributed by atoms with Crippen molar-refractivity contribution in [2.24, 2.45) is 0 Å². The molecule has 1 heterocycles. The van der Waals surface area contributed by atoms with Crippen molar-refractivity contribution in [2.45, 2.75) is 19.8 Å². The standard InChI is InChI=1S/C25H24N2O4/c1-16(2)17-7-10-20(11-8-17)30-15-24(28)26-19-9-12-23-22(14-19)27-25(31-23)18-5-4-6-21(13-18)29-3/h4-14,16H,15H2,1-3H3,(H,26,28). The summed E-state index contributed by atoms with van der Waals surface area (Å²) in [6, 6.07) is 20.6. The molecule has 0 spiro atoms. The predicted molar refractivity (Wildman–Crippen MR) is 121 cm³/mol. The van der Waals surface area contributed by atoms with E-state index in [0.717, 1.165) is 11.3 Å². The molecule has 4 rings (SSSR count). The fourth-order valence-corrected chi connectivity index (χ4v) is 3.18. The van der Waals surface area contributed by atoms with Crippen LogP contribution < -0.4 is 14.8 Å². The van der Waals surface area contributed by atoms with Gasteiger partial charge in [0.1, 0.15) is 17.0 Å². The van der Waals surface area contributed by atoms with Crippen LogP contribution in [0.2, 0.25) is 0 Å². The highest BCUT2D eigenvalue weighted by atomic mass is 16.5. The van der Waals surface area contributed by atoms with Crippen molar-refractivity contribution in [2.75, 3.05) is 19.0 Å². The van der Waals surface area contributed by atoms with Crippen LogP contribution in [0.25, 0.3) is 22.6 Å². The Bertz CT molecular complexity index is 1200. The van der Waals surface area contributed by atoms with Crippen molar-refractivity contribution in [3.8, 4) is 23.0 Å². The Kier molecular flexibility index (Phi) is 5.89. The summed E-state index contributed by atoms with van der Waals surface area (Å²) < 4.78 is 16.7. The Labute approximate surface area is 180 Å². The monoisotopic (exact) mass is 416 g/mol. The average molecular weight is 416 g/mol. The van der Waals surface area contributed by atoms with Crippen LogP contribution in [-0.2, 0) is 4.79 Å². The van der Waals surface area contributed by atoms with Crippen molar-refractivity contribution in [3.05, 3.63) is 72.3 Å². The second-order valence-corrected chi connectivity index (χ2v) is 7.49. The highest BCUT2D eigenvalue weighted by molar-refractivity contribution is 5.94. The summed E-state index contributed by atoms with van der Waals surface area (Å²) in [5, 5.41) is 2.84. The zero-order valence-corrected chi connectivity index (χ0v) is 17.7. The van der Waals surface area contributed by atoms with Gasteiger partial charge in [-0.2, -0.15) is 0 Å². The van der Waals surface area contributed by atoms with Crippen molar-refractivity contribution < 1.29 is 18.7 Å². The largest absolute Gasteiger partial charge is 0.497 e. The van der Waals surface area contributed by atoms with Crippen LogP contribution in [0.5, 0.6) is 11.5 Å². The minimum Gasteiger partial charge on any atom is -0.497 e. The van der Waals surface area contributed by atoms with Crippen molar-refractivity contribution in [3.63, 3.8) is 0 Å². The van der Waals surface area contributed by atoms with Crippen molar-refractivity contribution in [1.29, 1.82) is 0 Å². The van der Waals surface area contributed by atoms with Gasteiger partial charge >= 0.3 is 0 Å². The molecule has 0 saturated heterocycles. The van der Waals surface area contributed by atoms with Gasteiger partial charge in [-0.05, 0) is 60.0 Å². The number of hydrogen-bond donors (Lipinski definition) is 1. The van der Waals surface area contributed by atoms with Crippen molar-refractivity contribution in [1.82, 2.24) is 4.98 Å². The van der Waals surface area contributed by atoms with E-state index in [1.165, 1.54) is 5.56 Å². The van der Waals surface area contributed by atoms with E-state index in [4.69, 9.17) is 13.9 Å². The molecule has 158 valence electrons. The summed E-state index contributed by atoms with van der Waals surface area (Å²) in [6.45, 7) is 4.19. The summed E-state index contributed by atoms with van der Waals surface area (Å²) in [6.07, 6.45) is 0. The maximum atomic E-state index is 12.3. The van der Waals surface area contributed by atoms with E-state index < -0.39 is 0 Å². The van der Waals surface area contributed by atoms with Gasteiger partial charge in [0, 0.05) is 11.3 Å². The number of fused-ring (bicyclic) bond motifs is 1. The number of carbonyl (C=O) groups is 1. The van der Waals surface area contributed by atoms with E-state index in [9.17, 15) is 4.79 Å². The molecule has 0 aliphatic rings. The summed E-state index contributed by atoms with van der Waals surface area (Å²) in [5.41, 5.74) is 3.96. The fourth-order valence-electron chi connectivity index (χ4n) is 3.18. The van der Waals surface area contributed by atoms with Gasteiger partial charge in [-0.3, -0.25) is 4.79 Å². The number of amides is 1. The molecule has 1 amide bonds. The zero-order chi connectivity index (χ0) is 21.8. The van der Waals surface area contributed by atoms with Crippen LogP contribution in [0.4, 0.5) is 5.69 Å². The molecule has 0 radical (unpaired) electrons. The molecule has 0 fully saturated rings. The molecule has 6 heteroatoms. The van der Waals surface area contributed by atoms with Crippen LogP contribution in [0.1, 0.15) is 25.3 Å². The van der Waals surface area contributed by atoms with Gasteiger partial charge in [-0.1, -0.05) is 32.0 Å². The fraction of sp³-hybridized carbons (Fsp3) is 0.200. The first-order valence-corrected chi connectivity index (χ1v) is 10.1. The molecule has 0 unspecified atom stereocenters. The third-order valence-corrected chi connectivity index (χ3v) is 4.90. The van der Waals surface area contributed by atoms with E-state index in [-0.39, 0.29) is 12.5 Å². The highest BCUT2D eigenvalue weighted by Gasteiger charge is 2.11. The molecule has 31 heavy (non-hydrogen) atoms. The number of aromatic nitrogens is 1. The zero-order valence-electron chi connectivity index (χ0n) is 17.7. The molecule has 1 aromatic heterocycles. The van der Waals surface area contributed by atoms with Gasteiger partial charge in [-0.15, -0.1) is 0 Å². The normalized spacial score (nSPS) is 11.0. The smallest absolute Gasteiger partial charge is 0.262 e. The minimum atomic E-state index is -0.246. The van der Waals surface area contributed by atoms with Crippen LogP contribution in [-0.4, -0.2) is 24.6 Å². The Balaban J connectivity index is 1.41. The highest BCUT2D eigenvalue weighted by Crippen LogP contribution is 2.28. The van der Waals surface area contributed by atoms with Gasteiger partial charge in [-0.25, -0.2) is 4.98 Å².